The molecule has 1 aromatic heterocycles. The van der Waals surface area contributed by atoms with Gasteiger partial charge in [0.1, 0.15) is 5.82 Å². The molecule has 0 saturated carbocycles. The maximum atomic E-state index is 13.5. The number of carbonyl (C=O) groups excluding carboxylic acids is 2. The molecule has 1 aromatic carbocycles. The van der Waals surface area contributed by atoms with Crippen molar-refractivity contribution in [3.8, 4) is 5.75 Å². The van der Waals surface area contributed by atoms with Crippen LogP contribution in [-0.2, 0) is 21.4 Å². The number of halogens is 2. The molecule has 0 atom stereocenters. The van der Waals surface area contributed by atoms with Crippen LogP contribution in [0.5, 0.6) is 5.75 Å². The summed E-state index contributed by atoms with van der Waals surface area (Å²) in [6, 6.07) is 5.85. The van der Waals surface area contributed by atoms with E-state index in [0.29, 0.717) is 10.3 Å². The third-order valence-corrected chi connectivity index (χ3v) is 3.37. The Morgan fingerprint density at radius 1 is 1.33 bits per heavy atom. The Balaban J connectivity index is 1.76. The summed E-state index contributed by atoms with van der Waals surface area (Å²) in [5, 5.41) is 6.63. The number of benzene rings is 1. The van der Waals surface area contributed by atoms with E-state index in [1.165, 1.54) is 16.8 Å². The van der Waals surface area contributed by atoms with E-state index < -0.39 is 30.9 Å². The molecule has 9 heteroatoms. The van der Waals surface area contributed by atoms with Crippen molar-refractivity contribution in [3.05, 3.63) is 40.2 Å². The van der Waals surface area contributed by atoms with Crippen molar-refractivity contribution in [2.24, 2.45) is 7.05 Å². The number of nitrogens with one attached hydrogen (secondary N) is 1. The third-order valence-electron chi connectivity index (χ3n) is 2.87. The zero-order chi connectivity index (χ0) is 17.7. The molecule has 1 amide bonds. The number of anilines is 1. The monoisotopic (exact) mass is 399 g/mol. The van der Waals surface area contributed by atoms with E-state index in [1.54, 1.807) is 26.1 Å². The molecule has 0 aliphatic rings. The number of ether oxygens (including phenoxy) is 2. The second-order valence-electron chi connectivity index (χ2n) is 4.87. The van der Waals surface area contributed by atoms with E-state index in [9.17, 15) is 14.0 Å². The Morgan fingerprint density at radius 3 is 2.71 bits per heavy atom. The molecule has 24 heavy (non-hydrogen) atoms. The number of nitrogens with zero attached hydrogens (tertiary/aromatic N) is 2. The van der Waals surface area contributed by atoms with Gasteiger partial charge in [0.2, 0.25) is 0 Å². The molecule has 0 bridgehead atoms. The van der Waals surface area contributed by atoms with Crippen LogP contribution in [0.3, 0.4) is 0 Å². The first-order chi connectivity index (χ1) is 11.3. The first-order valence-electron chi connectivity index (χ1n) is 6.89. The Labute approximate surface area is 145 Å². The molecular weight excluding hydrogens is 385 g/mol. The molecule has 1 heterocycles. The van der Waals surface area contributed by atoms with E-state index >= 15 is 0 Å². The molecule has 2 rings (SSSR count). The zero-order valence-corrected chi connectivity index (χ0v) is 14.6. The lowest BCUT2D eigenvalue weighted by Crippen LogP contribution is -2.24. The molecular formula is C15H15BrFN3O4. The number of aryl methyl sites for hydroxylation is 2. The topological polar surface area (TPSA) is 82.5 Å². The van der Waals surface area contributed by atoms with Gasteiger partial charge in [-0.2, -0.15) is 5.10 Å². The predicted octanol–water partition coefficient (Wildman–Crippen LogP) is 2.19. The number of esters is 1. The van der Waals surface area contributed by atoms with Crippen LogP contribution in [0.2, 0.25) is 0 Å². The van der Waals surface area contributed by atoms with Crippen molar-refractivity contribution in [3.63, 3.8) is 0 Å². The number of aromatic nitrogens is 2. The van der Waals surface area contributed by atoms with Gasteiger partial charge < -0.3 is 14.8 Å². The highest BCUT2D eigenvalue weighted by Crippen LogP contribution is 2.21. The van der Waals surface area contributed by atoms with E-state index in [1.807, 2.05) is 0 Å². The minimum Gasteiger partial charge on any atom is -0.479 e. The molecule has 0 aliphatic carbocycles. The van der Waals surface area contributed by atoms with Crippen LogP contribution < -0.4 is 10.1 Å². The molecule has 0 spiro atoms. The lowest BCUT2D eigenvalue weighted by Gasteiger charge is -2.08. The largest absolute Gasteiger partial charge is 0.479 e. The van der Waals surface area contributed by atoms with Crippen LogP contribution in [0.25, 0.3) is 0 Å². The summed E-state index contributed by atoms with van der Waals surface area (Å²) in [7, 11) is 1.68. The minimum atomic E-state index is -0.784. The summed E-state index contributed by atoms with van der Waals surface area (Å²) in [5.41, 5.74) is 0.745. The van der Waals surface area contributed by atoms with Gasteiger partial charge in [-0.15, -0.1) is 0 Å². The maximum Gasteiger partial charge on any atom is 0.344 e. The van der Waals surface area contributed by atoms with Crippen LogP contribution >= 0.6 is 15.9 Å². The Kier molecular flexibility index (Phi) is 5.91. The number of hydrogen-bond donors (Lipinski definition) is 1. The highest BCUT2D eigenvalue weighted by atomic mass is 79.9. The lowest BCUT2D eigenvalue weighted by molar-refractivity contribution is -0.149. The Hall–Kier alpha value is -2.42. The van der Waals surface area contributed by atoms with Crippen molar-refractivity contribution in [1.29, 1.82) is 0 Å². The number of amides is 1. The number of hydrogen-bond acceptors (Lipinski definition) is 5. The third kappa shape index (κ3) is 5.05. The van der Waals surface area contributed by atoms with Crippen molar-refractivity contribution < 1.29 is 23.5 Å². The molecule has 0 radical (unpaired) electrons. The second kappa shape index (κ2) is 7.91. The average molecular weight is 400 g/mol. The number of rotatable bonds is 6. The van der Waals surface area contributed by atoms with Crippen LogP contribution in [0.1, 0.15) is 5.69 Å². The van der Waals surface area contributed by atoms with Gasteiger partial charge in [0.15, 0.2) is 24.8 Å². The average Bonchev–Trinajstić information content (AvgIpc) is 2.82. The molecule has 0 fully saturated rings. The highest BCUT2D eigenvalue weighted by molar-refractivity contribution is 9.10. The summed E-state index contributed by atoms with van der Waals surface area (Å²) < 4.78 is 25.3. The lowest BCUT2D eigenvalue weighted by atomic mass is 10.3. The molecule has 128 valence electrons. The molecule has 1 N–H and O–H groups in total. The summed E-state index contributed by atoms with van der Waals surface area (Å²) in [4.78, 5) is 23.3. The molecule has 0 aliphatic heterocycles. The summed E-state index contributed by atoms with van der Waals surface area (Å²) in [6.07, 6.45) is 0. The van der Waals surface area contributed by atoms with E-state index in [0.717, 1.165) is 5.69 Å². The Bertz CT molecular complexity index is 763. The van der Waals surface area contributed by atoms with E-state index in [-0.39, 0.29) is 5.75 Å². The Morgan fingerprint density at radius 2 is 2.08 bits per heavy atom. The fourth-order valence-corrected chi connectivity index (χ4v) is 2.16. The van der Waals surface area contributed by atoms with Gasteiger partial charge in [-0.1, -0.05) is 15.9 Å². The molecule has 0 saturated heterocycles. The zero-order valence-electron chi connectivity index (χ0n) is 13.0. The highest BCUT2D eigenvalue weighted by Gasteiger charge is 2.12. The van der Waals surface area contributed by atoms with Gasteiger partial charge in [-0.3, -0.25) is 9.48 Å². The second-order valence-corrected chi connectivity index (χ2v) is 5.78. The van der Waals surface area contributed by atoms with Gasteiger partial charge in [-0.05, 0) is 25.1 Å². The van der Waals surface area contributed by atoms with Gasteiger partial charge in [-0.25, -0.2) is 9.18 Å². The fraction of sp³-hybridized carbons (Fsp3) is 0.267. The predicted molar refractivity (Wildman–Crippen MR) is 87.1 cm³/mol. The van der Waals surface area contributed by atoms with Crippen LogP contribution in [0, 0.1) is 12.7 Å². The fourth-order valence-electron chi connectivity index (χ4n) is 1.82. The maximum absolute atomic E-state index is 13.5. The van der Waals surface area contributed by atoms with Crippen molar-refractivity contribution >= 4 is 33.6 Å². The standard InChI is InChI=1S/C15H15BrFN3O4/c1-9-5-13(20(2)19-9)18-14(21)7-24-15(22)8-23-12-4-3-10(16)6-11(12)17/h3-6H,7-8H2,1-2H3,(H,18,21). The van der Waals surface area contributed by atoms with Gasteiger partial charge >= 0.3 is 5.97 Å². The van der Waals surface area contributed by atoms with Gasteiger partial charge in [0.05, 0.1) is 5.69 Å². The van der Waals surface area contributed by atoms with Gasteiger partial charge in [0.25, 0.3) is 5.91 Å². The summed E-state index contributed by atoms with van der Waals surface area (Å²) in [5.74, 6) is -1.50. The summed E-state index contributed by atoms with van der Waals surface area (Å²) >= 11 is 3.11. The van der Waals surface area contributed by atoms with Crippen molar-refractivity contribution in [2.45, 2.75) is 6.92 Å². The van der Waals surface area contributed by atoms with Crippen molar-refractivity contribution in [2.75, 3.05) is 18.5 Å². The van der Waals surface area contributed by atoms with Crippen LogP contribution in [0.15, 0.2) is 28.7 Å². The first-order valence-corrected chi connectivity index (χ1v) is 7.68. The van der Waals surface area contributed by atoms with Crippen molar-refractivity contribution in [1.82, 2.24) is 9.78 Å². The quantitative estimate of drug-likeness (QED) is 0.752. The normalized spacial score (nSPS) is 10.3. The minimum absolute atomic E-state index is 0.0787. The molecule has 2 aromatic rings. The first kappa shape index (κ1) is 17.9. The van der Waals surface area contributed by atoms with Crippen LogP contribution in [-0.4, -0.2) is 34.9 Å². The van der Waals surface area contributed by atoms with Crippen LogP contribution in [0.4, 0.5) is 10.2 Å². The smallest absolute Gasteiger partial charge is 0.344 e. The molecule has 0 unspecified atom stereocenters. The SMILES string of the molecule is Cc1cc(NC(=O)COC(=O)COc2ccc(Br)cc2F)n(C)n1. The van der Waals surface area contributed by atoms with E-state index in [4.69, 9.17) is 9.47 Å². The van der Waals surface area contributed by atoms with E-state index in [2.05, 4.69) is 26.3 Å². The molecule has 7 nitrogen and oxygen atoms in total. The number of carbonyl (C=O) groups is 2. The summed E-state index contributed by atoms with van der Waals surface area (Å²) in [6.45, 7) is 0.806. The van der Waals surface area contributed by atoms with Gasteiger partial charge in [0, 0.05) is 17.6 Å².